The molecule has 1 aliphatic rings. The van der Waals surface area contributed by atoms with Gasteiger partial charge in [-0.05, 0) is 47.0 Å². The highest BCUT2D eigenvalue weighted by Crippen LogP contribution is 2.26. The maximum Gasteiger partial charge on any atom is 0.321 e. The number of nitrogens with one attached hydrogen (secondary N) is 1. The van der Waals surface area contributed by atoms with Gasteiger partial charge in [0.05, 0.1) is 11.8 Å². The number of aliphatic hydroxyl groups excluding tert-OH is 1. The van der Waals surface area contributed by atoms with Gasteiger partial charge >= 0.3 is 6.01 Å². The summed E-state index contributed by atoms with van der Waals surface area (Å²) in [6.45, 7) is 2.57. The second-order valence-corrected chi connectivity index (χ2v) is 7.35. The van der Waals surface area contributed by atoms with Crippen molar-refractivity contribution in [1.29, 1.82) is 0 Å². The van der Waals surface area contributed by atoms with Crippen LogP contribution in [0.3, 0.4) is 0 Å². The lowest BCUT2D eigenvalue weighted by molar-refractivity contribution is 0.175. The minimum absolute atomic E-state index is 0.189. The molecule has 2 aromatic heterocycles. The molecule has 1 atom stereocenters. The molecule has 1 aliphatic heterocycles. The summed E-state index contributed by atoms with van der Waals surface area (Å²) in [4.78, 5) is 10.8. The first-order valence-electron chi connectivity index (χ1n) is 9.66. The van der Waals surface area contributed by atoms with Crippen LogP contribution >= 0.6 is 0 Å². The maximum absolute atomic E-state index is 9.69. The monoisotopic (exact) mass is 387 g/mol. The molecule has 7 nitrogen and oxygen atoms in total. The van der Waals surface area contributed by atoms with E-state index in [1.807, 2.05) is 24.3 Å². The van der Waals surface area contributed by atoms with Crippen molar-refractivity contribution in [2.75, 3.05) is 13.1 Å². The summed E-state index contributed by atoms with van der Waals surface area (Å²) >= 11 is 0. The average Bonchev–Trinajstić information content (AvgIpc) is 3.41. The van der Waals surface area contributed by atoms with E-state index in [4.69, 9.17) is 4.74 Å². The summed E-state index contributed by atoms with van der Waals surface area (Å²) in [6.07, 6.45) is 5.77. The number of nitrogens with zero attached hydrogens (tertiary/aromatic N) is 4. The summed E-state index contributed by atoms with van der Waals surface area (Å²) < 4.78 is 5.82. The summed E-state index contributed by atoms with van der Waals surface area (Å²) in [7, 11) is 0. The van der Waals surface area contributed by atoms with Crippen LogP contribution < -0.4 is 4.74 Å². The first-order valence-corrected chi connectivity index (χ1v) is 9.66. The molecule has 5 rings (SSSR count). The Kier molecular flexibility index (Phi) is 4.67. The van der Waals surface area contributed by atoms with Crippen LogP contribution in [0.1, 0.15) is 12.0 Å². The molecule has 4 aromatic rings. The first-order chi connectivity index (χ1) is 14.2. The third kappa shape index (κ3) is 3.96. The van der Waals surface area contributed by atoms with Gasteiger partial charge in [0.2, 0.25) is 0 Å². The number of benzene rings is 2. The van der Waals surface area contributed by atoms with Crippen molar-refractivity contribution < 1.29 is 9.84 Å². The van der Waals surface area contributed by atoms with Gasteiger partial charge in [-0.2, -0.15) is 5.10 Å². The van der Waals surface area contributed by atoms with Gasteiger partial charge in [0, 0.05) is 43.8 Å². The molecule has 2 N–H and O–H groups in total. The van der Waals surface area contributed by atoms with Crippen molar-refractivity contribution in [2.24, 2.45) is 0 Å². The molecule has 3 heterocycles. The molecule has 1 fully saturated rings. The van der Waals surface area contributed by atoms with Gasteiger partial charge in [-0.15, -0.1) is 0 Å². The topological polar surface area (TPSA) is 87.2 Å². The Morgan fingerprint density at radius 3 is 2.66 bits per heavy atom. The molecule has 0 spiro atoms. The molecule has 29 heavy (non-hydrogen) atoms. The number of aromatic amines is 1. The molecule has 146 valence electrons. The normalized spacial score (nSPS) is 17.1. The van der Waals surface area contributed by atoms with Crippen molar-refractivity contribution in [3.63, 3.8) is 0 Å². The van der Waals surface area contributed by atoms with E-state index < -0.39 is 0 Å². The SMILES string of the molecule is O[C@H]1CCN(Cc2ccc3cc(Oc4ncc(-c5ccn[nH]5)cn4)ccc3c2)C1. The van der Waals surface area contributed by atoms with Crippen molar-refractivity contribution >= 4 is 10.8 Å². The van der Waals surface area contributed by atoms with Crippen LogP contribution in [-0.4, -0.2) is 49.4 Å². The quantitative estimate of drug-likeness (QED) is 0.546. The van der Waals surface area contributed by atoms with E-state index in [-0.39, 0.29) is 6.10 Å². The van der Waals surface area contributed by atoms with Crippen LogP contribution in [0.5, 0.6) is 11.8 Å². The number of likely N-dealkylation sites (tertiary alicyclic amines) is 1. The number of hydrogen-bond acceptors (Lipinski definition) is 6. The fourth-order valence-corrected chi connectivity index (χ4v) is 3.68. The molecule has 0 amide bonds. The zero-order valence-electron chi connectivity index (χ0n) is 15.8. The molecule has 7 heteroatoms. The number of rotatable bonds is 5. The molecule has 2 aromatic carbocycles. The number of aliphatic hydroxyl groups is 1. The van der Waals surface area contributed by atoms with Crippen molar-refractivity contribution in [1.82, 2.24) is 25.1 Å². The van der Waals surface area contributed by atoms with Crippen LogP contribution in [0.15, 0.2) is 61.1 Å². The first kappa shape index (κ1) is 17.8. The lowest BCUT2D eigenvalue weighted by Gasteiger charge is -2.15. The van der Waals surface area contributed by atoms with Crippen molar-refractivity contribution in [3.05, 3.63) is 66.6 Å². The number of ether oxygens (including phenoxy) is 1. The van der Waals surface area contributed by atoms with Gasteiger partial charge in [-0.25, -0.2) is 9.97 Å². The lowest BCUT2D eigenvalue weighted by Crippen LogP contribution is -2.21. The second kappa shape index (κ2) is 7.62. The Balaban J connectivity index is 1.30. The highest BCUT2D eigenvalue weighted by Gasteiger charge is 2.19. The Bertz CT molecular complexity index is 1110. The lowest BCUT2D eigenvalue weighted by atomic mass is 10.1. The zero-order valence-corrected chi connectivity index (χ0v) is 15.8. The van der Waals surface area contributed by atoms with Crippen LogP contribution in [0.2, 0.25) is 0 Å². The van der Waals surface area contributed by atoms with Gasteiger partial charge in [-0.3, -0.25) is 10.00 Å². The summed E-state index contributed by atoms with van der Waals surface area (Å²) in [6, 6.07) is 14.6. The standard InChI is InChI=1S/C22H21N5O2/c28-19-6-8-27(14-19)13-15-1-2-17-10-20(4-3-16(17)9-15)29-22-23-11-18(12-24-22)21-5-7-25-26-21/h1-5,7,9-12,19,28H,6,8,13-14H2,(H,25,26)/t19-/m0/s1. The Morgan fingerprint density at radius 1 is 1.07 bits per heavy atom. The van der Waals surface area contributed by atoms with Crippen molar-refractivity contribution in [3.8, 4) is 23.0 Å². The van der Waals surface area contributed by atoms with Gasteiger partial charge in [-0.1, -0.05) is 18.2 Å². The van der Waals surface area contributed by atoms with Gasteiger partial charge < -0.3 is 9.84 Å². The third-order valence-electron chi connectivity index (χ3n) is 5.18. The van der Waals surface area contributed by atoms with E-state index >= 15 is 0 Å². The predicted molar refractivity (Wildman–Crippen MR) is 110 cm³/mol. The van der Waals surface area contributed by atoms with Crippen LogP contribution in [0.25, 0.3) is 22.0 Å². The Hall–Kier alpha value is -3.29. The highest BCUT2D eigenvalue weighted by atomic mass is 16.5. The fourth-order valence-electron chi connectivity index (χ4n) is 3.68. The Labute approximate surface area is 168 Å². The van der Waals surface area contributed by atoms with E-state index in [1.165, 1.54) is 5.56 Å². The zero-order chi connectivity index (χ0) is 19.6. The van der Waals surface area contributed by atoms with Crippen LogP contribution in [0, 0.1) is 0 Å². The molecule has 0 unspecified atom stereocenters. The fraction of sp³-hybridized carbons (Fsp3) is 0.227. The molecule has 1 saturated heterocycles. The maximum atomic E-state index is 9.69. The molecule has 0 radical (unpaired) electrons. The van der Waals surface area contributed by atoms with E-state index in [1.54, 1.807) is 18.6 Å². The molecule has 0 aliphatic carbocycles. The van der Waals surface area contributed by atoms with E-state index in [0.29, 0.717) is 11.8 Å². The largest absolute Gasteiger partial charge is 0.424 e. The average molecular weight is 387 g/mol. The number of β-amino-alcohol motifs (C(OH)–C–C–N with tert-alkyl or cyclic N) is 1. The third-order valence-corrected chi connectivity index (χ3v) is 5.18. The summed E-state index contributed by atoms with van der Waals surface area (Å²) in [5.74, 6) is 0.696. The van der Waals surface area contributed by atoms with Crippen LogP contribution in [-0.2, 0) is 6.54 Å². The summed E-state index contributed by atoms with van der Waals surface area (Å²) in [5.41, 5.74) is 2.96. The Morgan fingerprint density at radius 2 is 1.90 bits per heavy atom. The number of hydrogen-bond donors (Lipinski definition) is 2. The second-order valence-electron chi connectivity index (χ2n) is 7.35. The molecular formula is C22H21N5O2. The van der Waals surface area contributed by atoms with Crippen LogP contribution in [0.4, 0.5) is 0 Å². The van der Waals surface area contributed by atoms with Gasteiger partial charge in [0.25, 0.3) is 0 Å². The summed E-state index contributed by atoms with van der Waals surface area (Å²) in [5, 5.41) is 18.8. The molecule has 0 saturated carbocycles. The van der Waals surface area contributed by atoms with E-state index in [2.05, 4.69) is 43.3 Å². The smallest absolute Gasteiger partial charge is 0.321 e. The predicted octanol–water partition coefficient (Wildman–Crippen LogP) is 3.38. The highest BCUT2D eigenvalue weighted by molar-refractivity contribution is 5.84. The molecule has 0 bridgehead atoms. The minimum Gasteiger partial charge on any atom is -0.424 e. The number of H-pyrrole nitrogens is 1. The number of aromatic nitrogens is 4. The van der Waals surface area contributed by atoms with Gasteiger partial charge in [0.1, 0.15) is 5.75 Å². The minimum atomic E-state index is -0.189. The van der Waals surface area contributed by atoms with E-state index in [9.17, 15) is 5.11 Å². The van der Waals surface area contributed by atoms with Gasteiger partial charge in [0.15, 0.2) is 0 Å². The number of fused-ring (bicyclic) bond motifs is 1. The molecular weight excluding hydrogens is 366 g/mol. The van der Waals surface area contributed by atoms with E-state index in [0.717, 1.165) is 48.1 Å². The van der Waals surface area contributed by atoms with Crippen molar-refractivity contribution in [2.45, 2.75) is 19.1 Å².